The first-order chi connectivity index (χ1) is 9.56. The number of hydrogen-bond acceptors (Lipinski definition) is 6. The summed E-state index contributed by atoms with van der Waals surface area (Å²) in [5, 5.41) is 22.6. The van der Waals surface area contributed by atoms with Gasteiger partial charge < -0.3 is 14.8 Å². The smallest absolute Gasteiger partial charge is 0.325 e. The van der Waals surface area contributed by atoms with E-state index in [1.165, 1.54) is 18.3 Å². The predicted molar refractivity (Wildman–Crippen MR) is 71.2 cm³/mol. The quantitative estimate of drug-likeness (QED) is 0.832. The van der Waals surface area contributed by atoms with Gasteiger partial charge in [-0.25, -0.2) is 0 Å². The molecule has 2 aromatic heterocycles. The molecule has 2 rings (SSSR count). The highest BCUT2D eigenvalue weighted by atomic mass is 32.1. The Morgan fingerprint density at radius 1 is 1.50 bits per heavy atom. The van der Waals surface area contributed by atoms with Crippen LogP contribution >= 0.6 is 11.3 Å². The van der Waals surface area contributed by atoms with Crippen molar-refractivity contribution in [3.05, 3.63) is 22.7 Å². The Balaban J connectivity index is 1.86. The lowest BCUT2D eigenvalue weighted by Crippen LogP contribution is -2.38. The monoisotopic (exact) mass is 295 g/mol. The van der Waals surface area contributed by atoms with Crippen LogP contribution in [-0.2, 0) is 16.0 Å². The fourth-order valence-corrected chi connectivity index (χ4v) is 2.08. The summed E-state index contributed by atoms with van der Waals surface area (Å²) < 4.78 is 5.42. The Morgan fingerprint density at radius 3 is 2.95 bits per heavy atom. The van der Waals surface area contributed by atoms with Crippen LogP contribution in [0, 0.1) is 0 Å². The van der Waals surface area contributed by atoms with E-state index in [1.807, 2.05) is 16.8 Å². The van der Waals surface area contributed by atoms with Gasteiger partial charge in [-0.1, -0.05) is 0 Å². The van der Waals surface area contributed by atoms with E-state index in [-0.39, 0.29) is 18.7 Å². The molecule has 2 N–H and O–H groups in total. The number of rotatable bonds is 6. The minimum Gasteiger partial charge on any atom is -0.480 e. The largest absolute Gasteiger partial charge is 0.480 e. The van der Waals surface area contributed by atoms with Gasteiger partial charge in [-0.15, -0.1) is 10.2 Å². The standard InChI is InChI=1S/C12H13N3O4S/c1-7(12(17)18)13-9(16)2-3-10-14-15-11(19-10)8-4-5-20-6-8/h4-7H,2-3H2,1H3,(H,13,16)(H,17,18). The molecule has 2 heterocycles. The molecule has 1 unspecified atom stereocenters. The normalized spacial score (nSPS) is 12.1. The molecular weight excluding hydrogens is 282 g/mol. The molecule has 106 valence electrons. The van der Waals surface area contributed by atoms with Gasteiger partial charge in [0.1, 0.15) is 6.04 Å². The van der Waals surface area contributed by atoms with Crippen LogP contribution in [0.1, 0.15) is 19.2 Å². The van der Waals surface area contributed by atoms with E-state index in [4.69, 9.17) is 9.52 Å². The zero-order chi connectivity index (χ0) is 14.5. The van der Waals surface area contributed by atoms with Crippen LogP contribution in [0.2, 0.25) is 0 Å². The summed E-state index contributed by atoms with van der Waals surface area (Å²) in [7, 11) is 0. The topological polar surface area (TPSA) is 105 Å². The second kappa shape index (κ2) is 6.29. The Morgan fingerprint density at radius 2 is 2.30 bits per heavy atom. The van der Waals surface area contributed by atoms with Crippen molar-refractivity contribution >= 4 is 23.2 Å². The second-order valence-electron chi connectivity index (χ2n) is 4.14. The molecule has 0 fully saturated rings. The highest BCUT2D eigenvalue weighted by Gasteiger charge is 2.15. The lowest BCUT2D eigenvalue weighted by Gasteiger charge is -2.07. The van der Waals surface area contributed by atoms with Crippen molar-refractivity contribution in [3.63, 3.8) is 0 Å². The summed E-state index contributed by atoms with van der Waals surface area (Å²) in [4.78, 5) is 22.1. The molecule has 8 heteroatoms. The zero-order valence-electron chi connectivity index (χ0n) is 10.7. The van der Waals surface area contributed by atoms with E-state index in [1.54, 1.807) is 0 Å². The van der Waals surface area contributed by atoms with Gasteiger partial charge in [-0.3, -0.25) is 9.59 Å². The molecular formula is C12H13N3O4S. The number of aliphatic carboxylic acids is 1. The summed E-state index contributed by atoms with van der Waals surface area (Å²) in [5.74, 6) is -0.670. The number of nitrogens with zero attached hydrogens (tertiary/aromatic N) is 2. The van der Waals surface area contributed by atoms with Gasteiger partial charge in [0.2, 0.25) is 17.7 Å². The summed E-state index contributed by atoms with van der Waals surface area (Å²) in [6.45, 7) is 1.40. The molecule has 0 spiro atoms. The Bertz CT molecular complexity index is 594. The van der Waals surface area contributed by atoms with Crippen LogP contribution in [0.4, 0.5) is 0 Å². The number of aryl methyl sites for hydroxylation is 1. The van der Waals surface area contributed by atoms with Crippen molar-refractivity contribution in [1.82, 2.24) is 15.5 Å². The van der Waals surface area contributed by atoms with Crippen molar-refractivity contribution in [2.45, 2.75) is 25.8 Å². The van der Waals surface area contributed by atoms with Crippen molar-refractivity contribution in [2.75, 3.05) is 0 Å². The number of hydrogen-bond donors (Lipinski definition) is 2. The summed E-state index contributed by atoms with van der Waals surface area (Å²) in [6, 6.07) is 0.954. The number of carboxylic acids is 1. The molecule has 0 aliphatic rings. The first kappa shape index (κ1) is 14.2. The second-order valence-corrected chi connectivity index (χ2v) is 4.92. The van der Waals surface area contributed by atoms with Crippen LogP contribution in [0.15, 0.2) is 21.2 Å². The lowest BCUT2D eigenvalue weighted by molar-refractivity contribution is -0.141. The SMILES string of the molecule is CC(NC(=O)CCc1nnc(-c2ccsc2)o1)C(=O)O. The van der Waals surface area contributed by atoms with Gasteiger partial charge in [0, 0.05) is 23.8 Å². The molecule has 1 amide bonds. The van der Waals surface area contributed by atoms with Crippen molar-refractivity contribution in [2.24, 2.45) is 0 Å². The molecule has 0 aromatic carbocycles. The maximum absolute atomic E-state index is 11.5. The third kappa shape index (κ3) is 3.64. The van der Waals surface area contributed by atoms with Crippen molar-refractivity contribution in [1.29, 1.82) is 0 Å². The minimum absolute atomic E-state index is 0.100. The van der Waals surface area contributed by atoms with Gasteiger partial charge >= 0.3 is 5.97 Å². The number of aromatic nitrogens is 2. The number of thiophene rings is 1. The molecule has 0 saturated carbocycles. The molecule has 0 aliphatic carbocycles. The van der Waals surface area contributed by atoms with E-state index in [2.05, 4.69) is 15.5 Å². The zero-order valence-corrected chi connectivity index (χ0v) is 11.5. The molecule has 1 atom stereocenters. The highest BCUT2D eigenvalue weighted by molar-refractivity contribution is 7.08. The fraction of sp³-hybridized carbons (Fsp3) is 0.333. The van der Waals surface area contributed by atoms with Crippen molar-refractivity contribution in [3.8, 4) is 11.5 Å². The molecule has 0 radical (unpaired) electrons. The molecule has 2 aromatic rings. The summed E-state index contributed by atoms with van der Waals surface area (Å²) >= 11 is 1.52. The number of carbonyl (C=O) groups excluding carboxylic acids is 1. The third-order valence-electron chi connectivity index (χ3n) is 2.55. The van der Waals surface area contributed by atoms with Crippen LogP contribution < -0.4 is 5.32 Å². The molecule has 7 nitrogen and oxygen atoms in total. The van der Waals surface area contributed by atoms with E-state index in [9.17, 15) is 9.59 Å². The highest BCUT2D eigenvalue weighted by Crippen LogP contribution is 2.20. The van der Waals surface area contributed by atoms with Crippen LogP contribution in [-0.4, -0.2) is 33.2 Å². The maximum Gasteiger partial charge on any atom is 0.325 e. The first-order valence-electron chi connectivity index (χ1n) is 5.93. The summed E-state index contributed by atoms with van der Waals surface area (Å²) in [6.07, 6.45) is 0.373. The Kier molecular flexibility index (Phi) is 4.46. The number of carbonyl (C=O) groups is 2. The molecule has 0 bridgehead atoms. The first-order valence-corrected chi connectivity index (χ1v) is 6.87. The van der Waals surface area contributed by atoms with E-state index >= 15 is 0 Å². The predicted octanol–water partition coefficient (Wildman–Crippen LogP) is 1.32. The summed E-state index contributed by atoms with van der Waals surface area (Å²) in [5.41, 5.74) is 0.845. The Hall–Kier alpha value is -2.22. The number of amides is 1. The Labute approximate surface area is 118 Å². The minimum atomic E-state index is -1.07. The van der Waals surface area contributed by atoms with Gasteiger partial charge in [-0.2, -0.15) is 11.3 Å². The van der Waals surface area contributed by atoms with Crippen LogP contribution in [0.5, 0.6) is 0 Å². The molecule has 20 heavy (non-hydrogen) atoms. The van der Waals surface area contributed by atoms with Gasteiger partial charge in [0.15, 0.2) is 0 Å². The average molecular weight is 295 g/mol. The molecule has 0 aliphatic heterocycles. The molecule has 0 saturated heterocycles. The maximum atomic E-state index is 11.5. The van der Waals surface area contributed by atoms with Crippen LogP contribution in [0.3, 0.4) is 0 Å². The fourth-order valence-electron chi connectivity index (χ4n) is 1.45. The van der Waals surface area contributed by atoms with E-state index < -0.39 is 12.0 Å². The average Bonchev–Trinajstić information content (AvgIpc) is 3.07. The van der Waals surface area contributed by atoms with E-state index in [0.29, 0.717) is 11.8 Å². The number of nitrogens with one attached hydrogen (secondary N) is 1. The van der Waals surface area contributed by atoms with Gasteiger partial charge in [0.05, 0.1) is 0 Å². The van der Waals surface area contributed by atoms with E-state index in [0.717, 1.165) is 5.56 Å². The van der Waals surface area contributed by atoms with Crippen LogP contribution in [0.25, 0.3) is 11.5 Å². The lowest BCUT2D eigenvalue weighted by atomic mass is 10.2. The van der Waals surface area contributed by atoms with Gasteiger partial charge in [-0.05, 0) is 18.4 Å². The third-order valence-corrected chi connectivity index (χ3v) is 3.23. The van der Waals surface area contributed by atoms with Crippen molar-refractivity contribution < 1.29 is 19.1 Å². The van der Waals surface area contributed by atoms with Gasteiger partial charge in [0.25, 0.3) is 0 Å². The number of carboxylic acid groups (broad SMARTS) is 1.